The summed E-state index contributed by atoms with van der Waals surface area (Å²) in [4.78, 5) is 37.2. The third-order valence-corrected chi connectivity index (χ3v) is 7.30. The summed E-state index contributed by atoms with van der Waals surface area (Å²) in [6, 6.07) is 16.5. The minimum Gasteiger partial charge on any atom is -0.353 e. The zero-order chi connectivity index (χ0) is 24.2. The van der Waals surface area contributed by atoms with Crippen LogP contribution in [0.5, 0.6) is 0 Å². The Morgan fingerprint density at radius 1 is 0.941 bits per heavy atom. The van der Waals surface area contributed by atoms with Crippen molar-refractivity contribution in [2.45, 2.75) is 25.3 Å². The fourth-order valence-electron chi connectivity index (χ4n) is 5.04. The molecule has 0 N–H and O–H groups in total. The largest absolute Gasteiger partial charge is 0.353 e. The van der Waals surface area contributed by atoms with E-state index in [-0.39, 0.29) is 11.8 Å². The first-order valence-corrected chi connectivity index (χ1v) is 11.8. The van der Waals surface area contributed by atoms with Crippen molar-refractivity contribution in [3.63, 3.8) is 0 Å². The molecule has 0 saturated carbocycles. The maximum atomic E-state index is 14.2. The number of halogens is 2. The number of anilines is 2. The number of aromatic nitrogens is 1. The van der Waals surface area contributed by atoms with Crippen LogP contribution in [0.2, 0.25) is 10.0 Å². The summed E-state index contributed by atoms with van der Waals surface area (Å²) in [5.41, 5.74) is 2.45. The molecule has 1 aromatic heterocycles. The zero-order valence-corrected chi connectivity index (χ0v) is 20.6. The first-order valence-electron chi connectivity index (χ1n) is 11.0. The molecule has 2 saturated heterocycles. The van der Waals surface area contributed by atoms with Crippen molar-refractivity contribution in [1.82, 2.24) is 9.88 Å². The molecule has 5 rings (SSSR count). The van der Waals surface area contributed by atoms with Gasteiger partial charge in [-0.05, 0) is 49.2 Å². The summed E-state index contributed by atoms with van der Waals surface area (Å²) < 4.78 is 0. The Morgan fingerprint density at radius 2 is 1.59 bits per heavy atom. The monoisotopic (exact) mass is 494 g/mol. The Bertz CT molecular complexity index is 1260. The van der Waals surface area contributed by atoms with Gasteiger partial charge in [-0.2, -0.15) is 0 Å². The number of imide groups is 1. The lowest BCUT2D eigenvalue weighted by Gasteiger charge is -2.33. The van der Waals surface area contributed by atoms with Crippen molar-refractivity contribution < 1.29 is 9.59 Å². The molecule has 2 aromatic carbocycles. The molecule has 3 aromatic rings. The minimum atomic E-state index is -1.10. The number of urea groups is 1. The number of pyridine rings is 1. The molecule has 1 spiro atoms. The maximum absolute atomic E-state index is 14.2. The van der Waals surface area contributed by atoms with Gasteiger partial charge < -0.3 is 9.80 Å². The van der Waals surface area contributed by atoms with E-state index in [4.69, 9.17) is 23.2 Å². The number of amides is 3. The SMILES string of the molecule is Cc1ccc([C@@H]2CN(c3ccc(C)cn3)C[C@]23C(=O)N(c2cc(Cl)cc(Cl)c2)C(=O)N3C)cc1. The molecule has 2 atom stereocenters. The van der Waals surface area contributed by atoms with Crippen LogP contribution in [0.1, 0.15) is 22.6 Å². The maximum Gasteiger partial charge on any atom is 0.332 e. The van der Waals surface area contributed by atoms with Crippen LogP contribution in [-0.2, 0) is 4.79 Å². The smallest absolute Gasteiger partial charge is 0.332 e. The quantitative estimate of drug-likeness (QED) is 0.454. The van der Waals surface area contributed by atoms with Gasteiger partial charge in [-0.1, -0.05) is 59.1 Å². The van der Waals surface area contributed by atoms with E-state index in [1.165, 1.54) is 4.90 Å². The molecular formula is C26H24Cl2N4O2. The highest BCUT2D eigenvalue weighted by molar-refractivity contribution is 6.35. The second-order valence-electron chi connectivity index (χ2n) is 9.07. The van der Waals surface area contributed by atoms with Crippen LogP contribution in [0.3, 0.4) is 0 Å². The number of hydrogen-bond donors (Lipinski definition) is 0. The van der Waals surface area contributed by atoms with Gasteiger partial charge in [-0.3, -0.25) is 4.79 Å². The number of carbonyl (C=O) groups excluding carboxylic acids is 2. The van der Waals surface area contributed by atoms with Gasteiger partial charge in [0.1, 0.15) is 11.4 Å². The van der Waals surface area contributed by atoms with Crippen molar-refractivity contribution >= 4 is 46.6 Å². The Hall–Kier alpha value is -3.09. The van der Waals surface area contributed by atoms with Crippen LogP contribution < -0.4 is 9.80 Å². The van der Waals surface area contributed by atoms with Gasteiger partial charge in [-0.25, -0.2) is 14.7 Å². The lowest BCUT2D eigenvalue weighted by atomic mass is 9.80. The van der Waals surface area contributed by atoms with Crippen LogP contribution >= 0.6 is 23.2 Å². The van der Waals surface area contributed by atoms with E-state index in [2.05, 4.69) is 9.88 Å². The molecule has 6 nitrogen and oxygen atoms in total. The molecule has 0 bridgehead atoms. The second-order valence-corrected chi connectivity index (χ2v) is 9.94. The van der Waals surface area contributed by atoms with Gasteiger partial charge in [-0.15, -0.1) is 0 Å². The lowest BCUT2D eigenvalue weighted by Crippen LogP contribution is -2.53. The van der Waals surface area contributed by atoms with E-state index >= 15 is 0 Å². The molecule has 0 aliphatic carbocycles. The number of benzene rings is 2. The van der Waals surface area contributed by atoms with Crippen molar-refractivity contribution in [2.24, 2.45) is 0 Å². The summed E-state index contributed by atoms with van der Waals surface area (Å²) in [5.74, 6) is 0.230. The predicted molar refractivity (Wildman–Crippen MR) is 135 cm³/mol. The van der Waals surface area contributed by atoms with Gasteiger partial charge in [0, 0.05) is 35.8 Å². The van der Waals surface area contributed by atoms with E-state index in [9.17, 15) is 9.59 Å². The summed E-state index contributed by atoms with van der Waals surface area (Å²) in [7, 11) is 1.69. The topological polar surface area (TPSA) is 56.8 Å². The Kier molecular flexibility index (Phi) is 5.53. The van der Waals surface area contributed by atoms with Crippen LogP contribution in [0.4, 0.5) is 16.3 Å². The first kappa shape index (κ1) is 22.7. The van der Waals surface area contributed by atoms with Crippen LogP contribution in [0.25, 0.3) is 0 Å². The zero-order valence-electron chi connectivity index (χ0n) is 19.1. The van der Waals surface area contributed by atoms with Gasteiger partial charge >= 0.3 is 6.03 Å². The standard InChI is InChI=1S/C26H24Cl2N4O2/c1-16-4-7-18(8-5-16)22-14-31(23-9-6-17(2)13-29-23)15-26(22)24(33)32(25(34)30(26)3)21-11-19(27)10-20(28)12-21/h4-13,22H,14-15H2,1-3H3/t22-,26+/m0/s1. The fourth-order valence-corrected chi connectivity index (χ4v) is 5.55. The summed E-state index contributed by atoms with van der Waals surface area (Å²) >= 11 is 12.4. The highest BCUT2D eigenvalue weighted by Crippen LogP contribution is 2.47. The van der Waals surface area contributed by atoms with Gasteiger partial charge in [0.05, 0.1) is 12.2 Å². The molecule has 3 amide bonds. The molecule has 174 valence electrons. The van der Waals surface area contributed by atoms with Crippen LogP contribution in [0, 0.1) is 13.8 Å². The average Bonchev–Trinajstić information content (AvgIpc) is 3.28. The number of hydrogen-bond acceptors (Lipinski definition) is 4. The number of nitrogens with zero attached hydrogens (tertiary/aromatic N) is 4. The third-order valence-electron chi connectivity index (χ3n) is 6.87. The first-order chi connectivity index (χ1) is 16.2. The summed E-state index contributed by atoms with van der Waals surface area (Å²) in [5, 5.41) is 0.720. The molecule has 34 heavy (non-hydrogen) atoms. The highest BCUT2D eigenvalue weighted by Gasteiger charge is 2.64. The molecule has 8 heteroatoms. The van der Waals surface area contributed by atoms with E-state index < -0.39 is 11.6 Å². The van der Waals surface area contributed by atoms with E-state index in [1.807, 2.05) is 56.4 Å². The minimum absolute atomic E-state index is 0.252. The fraction of sp³-hybridized carbons (Fsp3) is 0.269. The number of carbonyl (C=O) groups is 2. The lowest BCUT2D eigenvalue weighted by molar-refractivity contribution is -0.124. The molecular weight excluding hydrogens is 471 g/mol. The van der Waals surface area contributed by atoms with Crippen molar-refractivity contribution in [3.8, 4) is 0 Å². The van der Waals surface area contributed by atoms with Gasteiger partial charge in [0.2, 0.25) is 0 Å². The van der Waals surface area contributed by atoms with E-state index in [0.717, 1.165) is 22.5 Å². The Morgan fingerprint density at radius 3 is 2.21 bits per heavy atom. The van der Waals surface area contributed by atoms with Crippen molar-refractivity contribution in [2.75, 3.05) is 29.9 Å². The highest BCUT2D eigenvalue weighted by atomic mass is 35.5. The van der Waals surface area contributed by atoms with E-state index in [1.54, 1.807) is 30.1 Å². The Labute approximate surface area is 208 Å². The third kappa shape index (κ3) is 3.53. The van der Waals surface area contributed by atoms with E-state index in [0.29, 0.717) is 28.8 Å². The van der Waals surface area contributed by atoms with Gasteiger partial charge in [0.15, 0.2) is 0 Å². The van der Waals surface area contributed by atoms with Crippen molar-refractivity contribution in [3.05, 3.63) is 87.5 Å². The van der Waals surface area contributed by atoms with Gasteiger partial charge in [0.25, 0.3) is 5.91 Å². The molecule has 0 radical (unpaired) electrons. The van der Waals surface area contributed by atoms with Crippen LogP contribution in [0.15, 0.2) is 60.8 Å². The molecule has 2 aliphatic rings. The number of aryl methyl sites for hydroxylation is 2. The normalized spacial score (nSPS) is 22.4. The van der Waals surface area contributed by atoms with Crippen molar-refractivity contribution in [1.29, 1.82) is 0 Å². The number of likely N-dealkylation sites (N-methyl/N-ethyl adjacent to an activating group) is 1. The predicted octanol–water partition coefficient (Wildman–Crippen LogP) is 5.45. The summed E-state index contributed by atoms with van der Waals surface area (Å²) in [6.45, 7) is 4.89. The molecule has 0 unspecified atom stereocenters. The molecule has 2 fully saturated rings. The molecule has 3 heterocycles. The Balaban J connectivity index is 1.63. The van der Waals surface area contributed by atoms with Crippen LogP contribution in [-0.4, -0.2) is 47.5 Å². The average molecular weight is 495 g/mol. The second kappa shape index (κ2) is 8.29. The summed E-state index contributed by atoms with van der Waals surface area (Å²) in [6.07, 6.45) is 1.81. The number of rotatable bonds is 3. The molecule has 2 aliphatic heterocycles.